The van der Waals surface area contributed by atoms with Crippen LogP contribution in [-0.4, -0.2) is 96.6 Å². The molecule has 12 atom stereocenters. The van der Waals surface area contributed by atoms with Crippen molar-refractivity contribution >= 4 is 23.9 Å². The summed E-state index contributed by atoms with van der Waals surface area (Å²) in [6.07, 6.45) is 7.05. The van der Waals surface area contributed by atoms with Gasteiger partial charge in [0.1, 0.15) is 0 Å². The molecule has 0 amide bonds. The first-order chi connectivity index (χ1) is 28.3. The number of rotatable bonds is 16. The molecule has 0 aromatic heterocycles. The second-order valence-electron chi connectivity index (χ2n) is 19.9. The van der Waals surface area contributed by atoms with Crippen molar-refractivity contribution in [1.29, 1.82) is 0 Å². The molecule has 5 rings (SSSR count). The molecule has 4 N–H and O–H groups in total. The molecule has 3 fully saturated rings. The number of ether oxygens (including phenoxy) is 4. The fourth-order valence-electron chi connectivity index (χ4n) is 11.3. The molecule has 3 saturated heterocycles. The highest BCUT2D eigenvalue weighted by Crippen LogP contribution is 2.43. The molecule has 12 unspecified atom stereocenters. The summed E-state index contributed by atoms with van der Waals surface area (Å²) in [5.74, 6) is 0.470. The Kier molecular flexibility index (Phi) is 17.3. The molecule has 8 bridgehead atoms. The van der Waals surface area contributed by atoms with Crippen molar-refractivity contribution in [2.75, 3.05) is 0 Å². The van der Waals surface area contributed by atoms with E-state index < -0.39 is 0 Å². The van der Waals surface area contributed by atoms with Crippen LogP contribution in [0.2, 0.25) is 0 Å². The van der Waals surface area contributed by atoms with Gasteiger partial charge in [-0.15, -0.1) is 0 Å². The third-order valence-corrected chi connectivity index (χ3v) is 14.2. The molecule has 5 aliphatic rings. The summed E-state index contributed by atoms with van der Waals surface area (Å²) < 4.78 is 22.4. The van der Waals surface area contributed by atoms with Gasteiger partial charge in [-0.05, 0) is 144 Å². The molecule has 12 heteroatoms. The standard InChI is InChI=1S/C48H80N4O8/c1-25(2)57-45(53)17-13-33-29(9)37-21-38-30(10)35(15-19-47(55)59-27(5)6)43(50-38)24-44-36(16-20-48(56)60-28(7)8)32(12)40(52-44)23-42-34(14-18-46(54)58-26(3)4)31(11)39(51-42)22-41(33)49-37/h25-29,32-33,36-44,49-52H,13-24H2,1-12H3. The first-order valence-electron chi connectivity index (χ1n) is 23.5. The van der Waals surface area contributed by atoms with Crippen LogP contribution in [0.3, 0.4) is 0 Å². The molecule has 5 heterocycles. The van der Waals surface area contributed by atoms with Crippen LogP contribution in [0.15, 0.2) is 22.3 Å². The molecule has 0 aromatic carbocycles. The van der Waals surface area contributed by atoms with Crippen LogP contribution in [0.5, 0.6) is 0 Å². The summed E-state index contributed by atoms with van der Waals surface area (Å²) in [6, 6.07) is 1.10. The summed E-state index contributed by atoms with van der Waals surface area (Å²) in [4.78, 5) is 51.7. The minimum atomic E-state index is -0.174. The molecular formula is C48H80N4O8. The average Bonchev–Trinajstić information content (AvgIpc) is 3.79. The van der Waals surface area contributed by atoms with Crippen molar-refractivity contribution in [3.8, 4) is 0 Å². The lowest BCUT2D eigenvalue weighted by Gasteiger charge is -2.28. The number of carbonyl (C=O) groups is 4. The minimum Gasteiger partial charge on any atom is -0.463 e. The predicted molar refractivity (Wildman–Crippen MR) is 234 cm³/mol. The lowest BCUT2D eigenvalue weighted by molar-refractivity contribution is -0.148. The number of hydrogen-bond donors (Lipinski definition) is 4. The van der Waals surface area contributed by atoms with E-state index >= 15 is 0 Å². The second-order valence-corrected chi connectivity index (χ2v) is 19.9. The summed E-state index contributed by atoms with van der Waals surface area (Å²) in [5, 5.41) is 16.4. The van der Waals surface area contributed by atoms with E-state index in [1.54, 1.807) is 0 Å². The van der Waals surface area contributed by atoms with Crippen molar-refractivity contribution in [3.05, 3.63) is 22.3 Å². The molecule has 12 nitrogen and oxygen atoms in total. The van der Waals surface area contributed by atoms with Gasteiger partial charge < -0.3 is 40.2 Å². The molecule has 0 aliphatic carbocycles. The maximum Gasteiger partial charge on any atom is 0.306 e. The summed E-state index contributed by atoms with van der Waals surface area (Å²) in [5.41, 5.74) is 5.23. The molecule has 0 radical (unpaired) electrons. The van der Waals surface area contributed by atoms with E-state index in [4.69, 9.17) is 18.9 Å². The third kappa shape index (κ3) is 12.7. The Balaban J connectivity index is 1.50. The summed E-state index contributed by atoms with van der Waals surface area (Å²) >= 11 is 0. The van der Waals surface area contributed by atoms with Crippen LogP contribution in [0.1, 0.15) is 160 Å². The van der Waals surface area contributed by atoms with Crippen molar-refractivity contribution in [2.24, 2.45) is 23.7 Å². The number of esters is 4. The summed E-state index contributed by atoms with van der Waals surface area (Å²) in [6.45, 7) is 24.3. The lowest BCUT2D eigenvalue weighted by Crippen LogP contribution is -2.46. The molecule has 0 spiro atoms. The Morgan fingerprint density at radius 1 is 0.467 bits per heavy atom. The fraction of sp³-hybridized carbons (Fsp3) is 0.833. The van der Waals surface area contributed by atoms with E-state index in [0.717, 1.165) is 38.5 Å². The zero-order valence-electron chi connectivity index (χ0n) is 39.0. The van der Waals surface area contributed by atoms with E-state index in [1.165, 1.54) is 22.3 Å². The van der Waals surface area contributed by atoms with Gasteiger partial charge in [0.15, 0.2) is 0 Å². The number of carbonyl (C=O) groups excluding carboxylic acids is 4. The highest BCUT2D eigenvalue weighted by Gasteiger charge is 2.48. The molecule has 0 aromatic rings. The van der Waals surface area contributed by atoms with Gasteiger partial charge >= 0.3 is 23.9 Å². The van der Waals surface area contributed by atoms with E-state index in [9.17, 15) is 19.2 Å². The van der Waals surface area contributed by atoms with Crippen LogP contribution >= 0.6 is 0 Å². The van der Waals surface area contributed by atoms with Crippen LogP contribution in [0.4, 0.5) is 0 Å². The van der Waals surface area contributed by atoms with Crippen molar-refractivity contribution in [3.63, 3.8) is 0 Å². The summed E-state index contributed by atoms with van der Waals surface area (Å²) in [7, 11) is 0. The predicted octanol–water partition coefficient (Wildman–Crippen LogP) is 6.99. The van der Waals surface area contributed by atoms with Crippen molar-refractivity contribution < 1.29 is 38.1 Å². The Hall–Kier alpha value is -2.80. The second kappa shape index (κ2) is 21.5. The van der Waals surface area contributed by atoms with Crippen LogP contribution in [0.25, 0.3) is 0 Å². The van der Waals surface area contributed by atoms with Gasteiger partial charge in [-0.1, -0.05) is 36.1 Å². The SMILES string of the molecule is CC1=C(CCC(=O)OC(C)C)C2CC3NC(CC4NC(CC5NC(CC1N2)C(CCC(=O)OC(C)C)C5C)C(C)=C4CCC(=O)OC(C)C)C(CCC(=O)OC(C)C)C3C. The zero-order valence-corrected chi connectivity index (χ0v) is 39.0. The Morgan fingerprint density at radius 3 is 1.12 bits per heavy atom. The third-order valence-electron chi connectivity index (χ3n) is 14.2. The molecule has 340 valence electrons. The van der Waals surface area contributed by atoms with E-state index in [1.807, 2.05) is 55.4 Å². The van der Waals surface area contributed by atoms with E-state index in [2.05, 4.69) is 49.0 Å². The van der Waals surface area contributed by atoms with Crippen LogP contribution < -0.4 is 21.3 Å². The quantitative estimate of drug-likeness (QED) is 0.0721. The highest BCUT2D eigenvalue weighted by atomic mass is 16.6. The molecule has 60 heavy (non-hydrogen) atoms. The monoisotopic (exact) mass is 841 g/mol. The van der Waals surface area contributed by atoms with Crippen molar-refractivity contribution in [2.45, 2.75) is 233 Å². The van der Waals surface area contributed by atoms with Gasteiger partial charge in [0.2, 0.25) is 0 Å². The average molecular weight is 841 g/mol. The van der Waals surface area contributed by atoms with Crippen LogP contribution in [0, 0.1) is 23.7 Å². The Morgan fingerprint density at radius 2 is 0.767 bits per heavy atom. The Labute approximate surface area is 361 Å². The molecular weight excluding hydrogens is 761 g/mol. The van der Waals surface area contributed by atoms with Gasteiger partial charge in [-0.2, -0.15) is 0 Å². The maximum atomic E-state index is 13.0. The number of hydrogen-bond acceptors (Lipinski definition) is 12. The topological polar surface area (TPSA) is 153 Å². The smallest absolute Gasteiger partial charge is 0.306 e. The normalized spacial score (nSPS) is 33.1. The highest BCUT2D eigenvalue weighted by molar-refractivity contribution is 5.71. The van der Waals surface area contributed by atoms with Gasteiger partial charge in [0.25, 0.3) is 0 Å². The fourth-order valence-corrected chi connectivity index (χ4v) is 11.3. The maximum absolute atomic E-state index is 13.0. The molecule has 5 aliphatic heterocycles. The largest absolute Gasteiger partial charge is 0.463 e. The first kappa shape index (κ1) is 48.2. The van der Waals surface area contributed by atoms with Crippen molar-refractivity contribution in [1.82, 2.24) is 21.3 Å². The zero-order chi connectivity index (χ0) is 44.0. The van der Waals surface area contributed by atoms with Gasteiger partial charge in [0.05, 0.1) is 24.4 Å². The van der Waals surface area contributed by atoms with Gasteiger partial charge in [-0.25, -0.2) is 0 Å². The number of fused-ring (bicyclic) bond motifs is 8. The van der Waals surface area contributed by atoms with E-state index in [0.29, 0.717) is 44.4 Å². The lowest BCUT2D eigenvalue weighted by atomic mass is 9.80. The number of nitrogens with one attached hydrogen (secondary N) is 4. The molecule has 0 saturated carbocycles. The first-order valence-corrected chi connectivity index (χ1v) is 23.5. The Bertz CT molecular complexity index is 1570. The minimum absolute atomic E-state index is 0.0658. The van der Waals surface area contributed by atoms with Crippen LogP contribution in [-0.2, 0) is 38.1 Å². The van der Waals surface area contributed by atoms with Gasteiger partial charge in [0, 0.05) is 74.0 Å². The van der Waals surface area contributed by atoms with E-state index in [-0.39, 0.29) is 114 Å². The van der Waals surface area contributed by atoms with Gasteiger partial charge in [-0.3, -0.25) is 19.2 Å².